The van der Waals surface area contributed by atoms with Crippen LogP contribution in [0.15, 0.2) is 12.4 Å². The van der Waals surface area contributed by atoms with Gasteiger partial charge in [-0.15, -0.1) is 0 Å². The molecule has 1 saturated carbocycles. The fraction of sp³-hybridized carbons (Fsp3) is 0.556. The van der Waals surface area contributed by atoms with Gasteiger partial charge in [0, 0.05) is 43.4 Å². The minimum absolute atomic E-state index is 0.575. The summed E-state index contributed by atoms with van der Waals surface area (Å²) in [6.07, 6.45) is 9.27. The lowest BCUT2D eigenvalue weighted by Crippen LogP contribution is -2.47. The van der Waals surface area contributed by atoms with Crippen LogP contribution >= 0.6 is 11.6 Å². The molecule has 3 aliphatic rings. The Labute approximate surface area is 152 Å². The van der Waals surface area contributed by atoms with E-state index in [0.29, 0.717) is 10.9 Å². The molecule has 0 bridgehead atoms. The summed E-state index contributed by atoms with van der Waals surface area (Å²) in [5.74, 6) is 3.64. The van der Waals surface area contributed by atoms with E-state index in [-0.39, 0.29) is 0 Å². The van der Waals surface area contributed by atoms with Gasteiger partial charge in [-0.3, -0.25) is 0 Å². The van der Waals surface area contributed by atoms with Crippen LogP contribution in [0.2, 0.25) is 5.02 Å². The van der Waals surface area contributed by atoms with Crippen molar-refractivity contribution in [3.05, 3.63) is 34.5 Å². The van der Waals surface area contributed by atoms with Crippen LogP contribution in [0.3, 0.4) is 0 Å². The monoisotopic (exact) mass is 356 g/mol. The van der Waals surface area contributed by atoms with E-state index in [1.807, 2.05) is 0 Å². The molecule has 0 spiro atoms. The molecule has 6 nitrogen and oxygen atoms in total. The van der Waals surface area contributed by atoms with Crippen LogP contribution in [0.1, 0.15) is 42.3 Å². The molecular formula is C18H21ClN6. The number of halogens is 1. The number of hydrogen-bond donors (Lipinski definition) is 0. The molecule has 1 saturated heterocycles. The highest BCUT2D eigenvalue weighted by atomic mass is 35.5. The second-order valence-electron chi connectivity index (χ2n) is 7.13. The van der Waals surface area contributed by atoms with Crippen molar-refractivity contribution in [1.82, 2.24) is 19.9 Å². The maximum Gasteiger partial charge on any atom is 0.225 e. The fourth-order valence-electron chi connectivity index (χ4n) is 3.80. The van der Waals surface area contributed by atoms with Crippen molar-refractivity contribution in [3.8, 4) is 0 Å². The highest BCUT2D eigenvalue weighted by molar-refractivity contribution is 6.30. The van der Waals surface area contributed by atoms with Gasteiger partial charge < -0.3 is 9.80 Å². The number of fused-ring (bicyclic) bond motifs is 1. The summed E-state index contributed by atoms with van der Waals surface area (Å²) in [5.41, 5.74) is 2.69. The van der Waals surface area contributed by atoms with Crippen LogP contribution in [0.5, 0.6) is 0 Å². The first-order chi connectivity index (χ1) is 12.3. The second kappa shape index (κ2) is 6.09. The zero-order valence-corrected chi connectivity index (χ0v) is 14.9. The topological polar surface area (TPSA) is 58.0 Å². The van der Waals surface area contributed by atoms with E-state index in [2.05, 4.69) is 19.8 Å². The third-order valence-corrected chi connectivity index (χ3v) is 5.54. The Kier molecular flexibility index (Phi) is 3.73. The zero-order valence-electron chi connectivity index (χ0n) is 14.2. The Hall–Kier alpha value is -1.95. The number of hydrogen-bond acceptors (Lipinski definition) is 6. The SMILES string of the molecule is Clc1cnc(N2CCN(c3nc(C4CC4)nc4c3CCC4)CC2)nc1. The first kappa shape index (κ1) is 15.3. The lowest BCUT2D eigenvalue weighted by atomic mass is 10.2. The van der Waals surface area contributed by atoms with Gasteiger partial charge >= 0.3 is 0 Å². The number of aryl methyl sites for hydroxylation is 1. The number of nitrogens with zero attached hydrogens (tertiary/aromatic N) is 6. The molecule has 0 radical (unpaired) electrons. The number of piperazine rings is 1. The van der Waals surface area contributed by atoms with Gasteiger partial charge in [0.2, 0.25) is 5.95 Å². The van der Waals surface area contributed by atoms with Crippen LogP contribution in [-0.4, -0.2) is 46.1 Å². The van der Waals surface area contributed by atoms with Gasteiger partial charge in [-0.25, -0.2) is 19.9 Å². The molecule has 0 aromatic carbocycles. The van der Waals surface area contributed by atoms with Crippen LogP contribution in [0.4, 0.5) is 11.8 Å². The minimum Gasteiger partial charge on any atom is -0.353 e. The lowest BCUT2D eigenvalue weighted by Gasteiger charge is -2.36. The van der Waals surface area contributed by atoms with Gasteiger partial charge in [-0.2, -0.15) is 0 Å². The standard InChI is InChI=1S/C18H21ClN6/c19-13-10-20-18(21-11-13)25-8-6-24(7-9-25)17-14-2-1-3-15(14)22-16(23-17)12-4-5-12/h10-12H,1-9H2. The van der Waals surface area contributed by atoms with Crippen molar-refractivity contribution < 1.29 is 0 Å². The summed E-state index contributed by atoms with van der Waals surface area (Å²) >= 11 is 5.89. The highest BCUT2D eigenvalue weighted by Crippen LogP contribution is 2.40. The van der Waals surface area contributed by atoms with Gasteiger partial charge in [0.1, 0.15) is 11.6 Å². The summed E-state index contributed by atoms with van der Waals surface area (Å²) in [5, 5.41) is 0.575. The number of anilines is 2. The van der Waals surface area contributed by atoms with E-state index >= 15 is 0 Å². The second-order valence-corrected chi connectivity index (χ2v) is 7.57. The molecule has 0 N–H and O–H groups in total. The van der Waals surface area contributed by atoms with Crippen molar-refractivity contribution in [2.24, 2.45) is 0 Å². The molecule has 0 amide bonds. The van der Waals surface area contributed by atoms with Crippen LogP contribution in [0, 0.1) is 0 Å². The Bertz CT molecular complexity index is 781. The van der Waals surface area contributed by atoms with Gasteiger partial charge in [0.25, 0.3) is 0 Å². The molecule has 25 heavy (non-hydrogen) atoms. The van der Waals surface area contributed by atoms with E-state index in [0.717, 1.165) is 50.8 Å². The molecule has 2 fully saturated rings. The Balaban J connectivity index is 1.36. The minimum atomic E-state index is 0.575. The Morgan fingerprint density at radius 3 is 2.36 bits per heavy atom. The Morgan fingerprint density at radius 1 is 0.920 bits per heavy atom. The van der Waals surface area contributed by atoms with Gasteiger partial charge in [0.05, 0.1) is 17.4 Å². The average molecular weight is 357 g/mol. The summed E-state index contributed by atoms with van der Waals surface area (Å²) in [6, 6.07) is 0. The van der Waals surface area contributed by atoms with Crippen molar-refractivity contribution in [1.29, 1.82) is 0 Å². The molecule has 5 rings (SSSR count). The maximum absolute atomic E-state index is 5.89. The zero-order chi connectivity index (χ0) is 16.8. The maximum atomic E-state index is 5.89. The molecule has 0 unspecified atom stereocenters. The smallest absolute Gasteiger partial charge is 0.225 e. The predicted molar refractivity (Wildman–Crippen MR) is 97.5 cm³/mol. The highest BCUT2D eigenvalue weighted by Gasteiger charge is 2.31. The van der Waals surface area contributed by atoms with Crippen LogP contribution in [0.25, 0.3) is 0 Å². The summed E-state index contributed by atoms with van der Waals surface area (Å²) in [4.78, 5) is 23.2. The first-order valence-electron chi connectivity index (χ1n) is 9.15. The number of aromatic nitrogens is 4. The van der Waals surface area contributed by atoms with Gasteiger partial charge in [0.15, 0.2) is 0 Å². The molecule has 3 heterocycles. The normalized spacial score (nSPS) is 20.0. The van der Waals surface area contributed by atoms with E-state index in [4.69, 9.17) is 21.6 Å². The third-order valence-electron chi connectivity index (χ3n) is 5.34. The Morgan fingerprint density at radius 2 is 1.64 bits per heavy atom. The molecule has 1 aliphatic heterocycles. The lowest BCUT2D eigenvalue weighted by molar-refractivity contribution is 0.629. The number of rotatable bonds is 3. The summed E-state index contributed by atoms with van der Waals surface area (Å²) in [7, 11) is 0. The quantitative estimate of drug-likeness (QED) is 0.842. The summed E-state index contributed by atoms with van der Waals surface area (Å²) < 4.78 is 0. The van der Waals surface area contributed by atoms with Crippen LogP contribution in [-0.2, 0) is 12.8 Å². The molecule has 2 aromatic heterocycles. The molecular weight excluding hydrogens is 336 g/mol. The molecule has 7 heteroatoms. The molecule has 0 atom stereocenters. The van der Waals surface area contributed by atoms with E-state index in [1.54, 1.807) is 12.4 Å². The van der Waals surface area contributed by atoms with Crippen LogP contribution < -0.4 is 9.80 Å². The molecule has 130 valence electrons. The van der Waals surface area contributed by atoms with Gasteiger partial charge in [-0.05, 0) is 32.1 Å². The van der Waals surface area contributed by atoms with Crippen molar-refractivity contribution in [3.63, 3.8) is 0 Å². The van der Waals surface area contributed by atoms with E-state index in [9.17, 15) is 0 Å². The molecule has 2 aliphatic carbocycles. The predicted octanol–water partition coefficient (Wildman–Crippen LogP) is 2.61. The fourth-order valence-corrected chi connectivity index (χ4v) is 3.90. The first-order valence-corrected chi connectivity index (χ1v) is 9.53. The van der Waals surface area contributed by atoms with Crippen molar-refractivity contribution >= 4 is 23.4 Å². The average Bonchev–Trinajstić information content (AvgIpc) is 3.39. The van der Waals surface area contributed by atoms with Crippen molar-refractivity contribution in [2.75, 3.05) is 36.0 Å². The largest absolute Gasteiger partial charge is 0.353 e. The van der Waals surface area contributed by atoms with Crippen molar-refractivity contribution in [2.45, 2.75) is 38.0 Å². The van der Waals surface area contributed by atoms with E-state index in [1.165, 1.54) is 36.3 Å². The molecule has 2 aromatic rings. The van der Waals surface area contributed by atoms with E-state index < -0.39 is 0 Å². The summed E-state index contributed by atoms with van der Waals surface area (Å²) in [6.45, 7) is 3.69. The van der Waals surface area contributed by atoms with Gasteiger partial charge in [-0.1, -0.05) is 11.6 Å². The third kappa shape index (κ3) is 2.92.